The van der Waals surface area contributed by atoms with Crippen LogP contribution in [0, 0.1) is 0 Å². The minimum atomic E-state index is -0.0103. The third-order valence-electron chi connectivity index (χ3n) is 3.30. The largest absolute Gasteiger partial charge is 0.397 e. The summed E-state index contributed by atoms with van der Waals surface area (Å²) in [5.74, 6) is -0.0103. The standard InChI is InChI=1S/C16H26ClN3O/c1-3-5-9-20(10-6-4-2)12-16(21)19-13-7-8-14(17)15(18)11-13/h7-8,11H,3-6,9-10,12,18H2,1-2H3,(H,19,21). The Labute approximate surface area is 132 Å². The Bertz CT molecular complexity index is 443. The number of rotatable bonds is 9. The molecule has 0 atom stereocenters. The number of hydrogen-bond acceptors (Lipinski definition) is 3. The average molecular weight is 312 g/mol. The van der Waals surface area contributed by atoms with Crippen molar-refractivity contribution in [2.75, 3.05) is 30.7 Å². The second kappa shape index (κ2) is 9.64. The zero-order valence-electron chi connectivity index (χ0n) is 13.0. The van der Waals surface area contributed by atoms with Gasteiger partial charge in [-0.05, 0) is 44.1 Å². The molecular formula is C16H26ClN3O. The van der Waals surface area contributed by atoms with E-state index in [9.17, 15) is 4.79 Å². The maximum absolute atomic E-state index is 12.1. The van der Waals surface area contributed by atoms with Gasteiger partial charge in [-0.25, -0.2) is 0 Å². The second-order valence-corrected chi connectivity index (χ2v) is 5.67. The van der Waals surface area contributed by atoms with E-state index in [4.69, 9.17) is 17.3 Å². The van der Waals surface area contributed by atoms with Crippen molar-refractivity contribution in [2.24, 2.45) is 0 Å². The molecule has 0 fully saturated rings. The fourth-order valence-corrected chi connectivity index (χ4v) is 2.18. The van der Waals surface area contributed by atoms with Crippen molar-refractivity contribution >= 4 is 28.9 Å². The highest BCUT2D eigenvalue weighted by Crippen LogP contribution is 2.22. The summed E-state index contributed by atoms with van der Waals surface area (Å²) in [4.78, 5) is 14.3. The van der Waals surface area contributed by atoms with Gasteiger partial charge in [-0.15, -0.1) is 0 Å². The van der Waals surface area contributed by atoms with Crippen molar-refractivity contribution in [3.05, 3.63) is 23.2 Å². The molecular weight excluding hydrogens is 286 g/mol. The van der Waals surface area contributed by atoms with Crippen LogP contribution in [0.4, 0.5) is 11.4 Å². The molecule has 0 unspecified atom stereocenters. The number of nitrogens with two attached hydrogens (primary N) is 1. The van der Waals surface area contributed by atoms with E-state index in [-0.39, 0.29) is 5.91 Å². The molecule has 5 heteroatoms. The smallest absolute Gasteiger partial charge is 0.238 e. The van der Waals surface area contributed by atoms with E-state index >= 15 is 0 Å². The predicted molar refractivity (Wildman–Crippen MR) is 90.8 cm³/mol. The third kappa shape index (κ3) is 6.82. The van der Waals surface area contributed by atoms with Gasteiger partial charge < -0.3 is 11.1 Å². The van der Waals surface area contributed by atoms with E-state index in [1.807, 2.05) is 0 Å². The van der Waals surface area contributed by atoms with E-state index in [1.54, 1.807) is 18.2 Å². The fourth-order valence-electron chi connectivity index (χ4n) is 2.06. The van der Waals surface area contributed by atoms with E-state index in [1.165, 1.54) is 0 Å². The lowest BCUT2D eigenvalue weighted by atomic mass is 10.2. The minimum absolute atomic E-state index is 0.0103. The van der Waals surface area contributed by atoms with E-state index in [0.29, 0.717) is 22.9 Å². The molecule has 0 aliphatic carbocycles. The van der Waals surface area contributed by atoms with Crippen molar-refractivity contribution in [3.8, 4) is 0 Å². The summed E-state index contributed by atoms with van der Waals surface area (Å²) in [5, 5.41) is 3.37. The first kappa shape index (κ1) is 17.8. The number of carbonyl (C=O) groups excluding carboxylic acids is 1. The fraction of sp³-hybridized carbons (Fsp3) is 0.562. The lowest BCUT2D eigenvalue weighted by Gasteiger charge is -2.21. The maximum atomic E-state index is 12.1. The monoisotopic (exact) mass is 311 g/mol. The van der Waals surface area contributed by atoms with Gasteiger partial charge >= 0.3 is 0 Å². The molecule has 0 spiro atoms. The van der Waals surface area contributed by atoms with Gasteiger partial charge in [-0.2, -0.15) is 0 Å². The van der Waals surface area contributed by atoms with Crippen LogP contribution in [-0.4, -0.2) is 30.4 Å². The van der Waals surface area contributed by atoms with Crippen molar-refractivity contribution in [1.82, 2.24) is 4.90 Å². The predicted octanol–water partition coefficient (Wildman–Crippen LogP) is 3.76. The normalized spacial score (nSPS) is 10.9. The van der Waals surface area contributed by atoms with Crippen LogP contribution in [0.15, 0.2) is 18.2 Å². The van der Waals surface area contributed by atoms with E-state index in [2.05, 4.69) is 24.1 Å². The van der Waals surface area contributed by atoms with Crippen LogP contribution in [0.5, 0.6) is 0 Å². The topological polar surface area (TPSA) is 58.4 Å². The maximum Gasteiger partial charge on any atom is 0.238 e. The summed E-state index contributed by atoms with van der Waals surface area (Å²) in [6.45, 7) is 6.67. The summed E-state index contributed by atoms with van der Waals surface area (Å²) < 4.78 is 0. The Morgan fingerprint density at radius 2 is 1.86 bits per heavy atom. The summed E-state index contributed by atoms with van der Waals surface area (Å²) in [6.07, 6.45) is 4.51. The first-order chi connectivity index (χ1) is 10.1. The average Bonchev–Trinajstić information content (AvgIpc) is 2.45. The van der Waals surface area contributed by atoms with Crippen LogP contribution in [0.2, 0.25) is 5.02 Å². The molecule has 1 aromatic carbocycles. The Hall–Kier alpha value is -1.26. The molecule has 118 valence electrons. The van der Waals surface area contributed by atoms with E-state index in [0.717, 1.165) is 38.8 Å². The molecule has 0 bridgehead atoms. The summed E-state index contributed by atoms with van der Waals surface area (Å²) in [6, 6.07) is 5.14. The lowest BCUT2D eigenvalue weighted by Crippen LogP contribution is -2.34. The van der Waals surface area contributed by atoms with Crippen LogP contribution in [-0.2, 0) is 4.79 Å². The SMILES string of the molecule is CCCCN(CCCC)CC(=O)Nc1ccc(Cl)c(N)c1. The molecule has 21 heavy (non-hydrogen) atoms. The molecule has 0 heterocycles. The Kier molecular flexibility index (Phi) is 8.16. The molecule has 0 aromatic heterocycles. The molecule has 0 aliphatic rings. The Morgan fingerprint density at radius 1 is 1.24 bits per heavy atom. The lowest BCUT2D eigenvalue weighted by molar-refractivity contribution is -0.117. The summed E-state index contributed by atoms with van der Waals surface area (Å²) >= 11 is 5.87. The van der Waals surface area contributed by atoms with Crippen molar-refractivity contribution in [3.63, 3.8) is 0 Å². The Morgan fingerprint density at radius 3 is 2.38 bits per heavy atom. The number of unbranched alkanes of at least 4 members (excludes halogenated alkanes) is 2. The molecule has 1 rings (SSSR count). The van der Waals surface area contributed by atoms with Gasteiger partial charge in [0.05, 0.1) is 17.3 Å². The molecule has 1 amide bonds. The number of nitrogens with zero attached hydrogens (tertiary/aromatic N) is 1. The van der Waals surface area contributed by atoms with Crippen molar-refractivity contribution in [2.45, 2.75) is 39.5 Å². The summed E-state index contributed by atoms with van der Waals surface area (Å²) in [7, 11) is 0. The van der Waals surface area contributed by atoms with Crippen LogP contribution in [0.3, 0.4) is 0 Å². The number of hydrogen-bond donors (Lipinski definition) is 2. The van der Waals surface area contributed by atoms with Crippen LogP contribution in [0.1, 0.15) is 39.5 Å². The molecule has 4 nitrogen and oxygen atoms in total. The van der Waals surface area contributed by atoms with Gasteiger partial charge in [0.25, 0.3) is 0 Å². The van der Waals surface area contributed by atoms with Crippen LogP contribution >= 0.6 is 11.6 Å². The number of nitrogens with one attached hydrogen (secondary N) is 1. The summed E-state index contributed by atoms with van der Waals surface area (Å²) in [5.41, 5.74) is 6.90. The number of amides is 1. The molecule has 0 aliphatic heterocycles. The highest BCUT2D eigenvalue weighted by atomic mass is 35.5. The number of anilines is 2. The molecule has 0 saturated heterocycles. The number of benzene rings is 1. The van der Waals surface area contributed by atoms with Crippen LogP contribution in [0.25, 0.3) is 0 Å². The van der Waals surface area contributed by atoms with Gasteiger partial charge in [-0.3, -0.25) is 9.69 Å². The second-order valence-electron chi connectivity index (χ2n) is 5.27. The van der Waals surface area contributed by atoms with Crippen LogP contribution < -0.4 is 11.1 Å². The van der Waals surface area contributed by atoms with Gasteiger partial charge in [0.2, 0.25) is 5.91 Å². The molecule has 3 N–H and O–H groups in total. The van der Waals surface area contributed by atoms with Gasteiger partial charge in [0.15, 0.2) is 0 Å². The zero-order chi connectivity index (χ0) is 15.7. The Balaban J connectivity index is 2.53. The van der Waals surface area contributed by atoms with Crippen molar-refractivity contribution < 1.29 is 4.79 Å². The van der Waals surface area contributed by atoms with Gasteiger partial charge in [-0.1, -0.05) is 38.3 Å². The van der Waals surface area contributed by atoms with Gasteiger partial charge in [0, 0.05) is 5.69 Å². The van der Waals surface area contributed by atoms with Gasteiger partial charge in [0.1, 0.15) is 0 Å². The molecule has 0 radical (unpaired) electrons. The number of nitrogen functional groups attached to an aromatic ring is 1. The highest BCUT2D eigenvalue weighted by molar-refractivity contribution is 6.33. The molecule has 1 aromatic rings. The minimum Gasteiger partial charge on any atom is -0.397 e. The van der Waals surface area contributed by atoms with Crippen molar-refractivity contribution in [1.29, 1.82) is 0 Å². The quantitative estimate of drug-likeness (QED) is 0.683. The first-order valence-electron chi connectivity index (χ1n) is 7.64. The first-order valence-corrected chi connectivity index (χ1v) is 8.01. The zero-order valence-corrected chi connectivity index (χ0v) is 13.7. The highest BCUT2D eigenvalue weighted by Gasteiger charge is 2.10. The number of carbonyl (C=O) groups is 1. The third-order valence-corrected chi connectivity index (χ3v) is 3.65. The van der Waals surface area contributed by atoms with E-state index < -0.39 is 0 Å². The molecule has 0 saturated carbocycles. The number of halogens is 1.